The van der Waals surface area contributed by atoms with Gasteiger partial charge in [-0.05, 0) is 120 Å². The van der Waals surface area contributed by atoms with Crippen LogP contribution in [0.5, 0.6) is 0 Å². The summed E-state index contributed by atoms with van der Waals surface area (Å²) in [5, 5.41) is 19.1. The van der Waals surface area contributed by atoms with Crippen LogP contribution >= 0.6 is 0 Å². The first kappa shape index (κ1) is 28.9. The van der Waals surface area contributed by atoms with Crippen LogP contribution in [-0.2, 0) is 13.2 Å². The predicted molar refractivity (Wildman–Crippen MR) is 183 cm³/mol. The third-order valence-corrected chi connectivity index (χ3v) is 7.86. The molecule has 0 aliphatic heterocycles. The molecule has 0 fully saturated rings. The fraction of sp³-hybridized carbons (Fsp3) is 0.100. The third kappa shape index (κ3) is 6.28. The molecule has 6 rings (SSSR count). The van der Waals surface area contributed by atoms with E-state index in [1.54, 1.807) is 0 Å². The largest absolute Gasteiger partial charge is 0.392 e. The molecule has 0 atom stereocenters. The van der Waals surface area contributed by atoms with Crippen molar-refractivity contribution in [1.29, 1.82) is 0 Å². The fourth-order valence-corrected chi connectivity index (χ4v) is 5.54. The second kappa shape index (κ2) is 13.0. The summed E-state index contributed by atoms with van der Waals surface area (Å²) in [7, 11) is 0. The first-order chi connectivity index (χ1) is 21.5. The maximum absolute atomic E-state index is 9.55. The zero-order chi connectivity index (χ0) is 30.5. The van der Waals surface area contributed by atoms with Gasteiger partial charge in [0.1, 0.15) is 0 Å². The summed E-state index contributed by atoms with van der Waals surface area (Å²) in [5.41, 5.74) is 12.8. The molecule has 0 amide bonds. The highest BCUT2D eigenvalue weighted by Crippen LogP contribution is 2.38. The van der Waals surface area contributed by atoms with Gasteiger partial charge < -0.3 is 20.0 Å². The molecular formula is C40H36N2O2. The van der Waals surface area contributed by atoms with Crippen LogP contribution in [0.4, 0.5) is 34.1 Å². The standard InChI is InChI=1S/C40H36N2O2/c1-29-5-3-7-39(25-29)41(35-17-9-31(27-43)10-18-35)37-21-13-33(14-22-37)34-15-23-38(24-16-34)42(40-8-4-6-30(2)26-40)36-19-11-32(28-44)12-20-36/h3-26,43-44H,27-28H2,1-2H3. The Bertz CT molecular complexity index is 1690. The van der Waals surface area contributed by atoms with Crippen molar-refractivity contribution in [2.24, 2.45) is 0 Å². The lowest BCUT2D eigenvalue weighted by Gasteiger charge is -2.26. The molecule has 2 N–H and O–H groups in total. The molecule has 4 nitrogen and oxygen atoms in total. The molecule has 0 saturated carbocycles. The Labute approximate surface area is 259 Å². The summed E-state index contributed by atoms with van der Waals surface area (Å²) in [6.07, 6.45) is 0. The molecule has 0 radical (unpaired) electrons. The predicted octanol–water partition coefficient (Wildman–Crippen LogP) is 9.89. The van der Waals surface area contributed by atoms with Crippen LogP contribution in [-0.4, -0.2) is 10.2 Å². The lowest BCUT2D eigenvalue weighted by Crippen LogP contribution is -2.10. The monoisotopic (exact) mass is 576 g/mol. The van der Waals surface area contributed by atoms with Crippen molar-refractivity contribution in [1.82, 2.24) is 0 Å². The molecule has 4 heteroatoms. The van der Waals surface area contributed by atoms with Crippen molar-refractivity contribution in [3.05, 3.63) is 168 Å². The van der Waals surface area contributed by atoms with E-state index in [-0.39, 0.29) is 13.2 Å². The highest BCUT2D eigenvalue weighted by atomic mass is 16.3. The van der Waals surface area contributed by atoms with Gasteiger partial charge in [-0.3, -0.25) is 0 Å². The fourth-order valence-electron chi connectivity index (χ4n) is 5.54. The Morgan fingerprint density at radius 3 is 1.00 bits per heavy atom. The van der Waals surface area contributed by atoms with Gasteiger partial charge in [0, 0.05) is 34.1 Å². The molecule has 6 aromatic carbocycles. The Balaban J connectivity index is 1.32. The highest BCUT2D eigenvalue weighted by molar-refractivity contribution is 5.81. The van der Waals surface area contributed by atoms with Crippen molar-refractivity contribution < 1.29 is 10.2 Å². The number of benzene rings is 6. The summed E-state index contributed by atoms with van der Waals surface area (Å²) in [6.45, 7) is 4.26. The van der Waals surface area contributed by atoms with Crippen LogP contribution in [0.15, 0.2) is 146 Å². The molecule has 0 saturated heterocycles. The lowest BCUT2D eigenvalue weighted by molar-refractivity contribution is 0.281. The van der Waals surface area contributed by atoms with Crippen LogP contribution in [0.2, 0.25) is 0 Å². The van der Waals surface area contributed by atoms with Crippen LogP contribution in [0.3, 0.4) is 0 Å². The average Bonchev–Trinajstić information content (AvgIpc) is 3.06. The number of hydrogen-bond acceptors (Lipinski definition) is 4. The maximum atomic E-state index is 9.55. The van der Waals surface area contributed by atoms with Gasteiger partial charge in [-0.1, -0.05) is 72.8 Å². The molecule has 0 aliphatic rings. The number of aliphatic hydroxyl groups excluding tert-OH is 2. The topological polar surface area (TPSA) is 46.9 Å². The van der Waals surface area contributed by atoms with E-state index in [9.17, 15) is 10.2 Å². The first-order valence-corrected chi connectivity index (χ1v) is 14.9. The minimum Gasteiger partial charge on any atom is -0.392 e. The molecule has 0 unspecified atom stereocenters. The summed E-state index contributed by atoms with van der Waals surface area (Å²) < 4.78 is 0. The van der Waals surface area contributed by atoms with E-state index in [0.29, 0.717) is 0 Å². The number of nitrogens with zero attached hydrogens (tertiary/aromatic N) is 2. The molecule has 218 valence electrons. The number of aliphatic hydroxyl groups is 2. The van der Waals surface area contributed by atoms with E-state index in [4.69, 9.17) is 0 Å². The number of rotatable bonds is 9. The Kier molecular flexibility index (Phi) is 8.55. The highest BCUT2D eigenvalue weighted by Gasteiger charge is 2.15. The first-order valence-electron chi connectivity index (χ1n) is 14.9. The number of hydrogen-bond donors (Lipinski definition) is 2. The van der Waals surface area contributed by atoms with E-state index < -0.39 is 0 Å². The van der Waals surface area contributed by atoms with Crippen LogP contribution in [0.1, 0.15) is 22.3 Å². The Hall–Kier alpha value is -5.16. The molecule has 0 aliphatic carbocycles. The SMILES string of the molecule is Cc1cccc(N(c2ccc(CO)cc2)c2ccc(-c3ccc(N(c4ccc(CO)cc4)c4cccc(C)c4)cc3)cc2)c1. The van der Waals surface area contributed by atoms with Crippen LogP contribution in [0.25, 0.3) is 11.1 Å². The summed E-state index contributed by atoms with van der Waals surface area (Å²) >= 11 is 0. The van der Waals surface area contributed by atoms with Gasteiger partial charge in [-0.15, -0.1) is 0 Å². The van der Waals surface area contributed by atoms with E-state index in [0.717, 1.165) is 56.4 Å². The molecule has 0 spiro atoms. The van der Waals surface area contributed by atoms with E-state index >= 15 is 0 Å². The molecular weight excluding hydrogens is 540 g/mol. The zero-order valence-electron chi connectivity index (χ0n) is 25.1. The van der Waals surface area contributed by atoms with Gasteiger partial charge in [0.2, 0.25) is 0 Å². The minimum atomic E-state index is 0.0248. The van der Waals surface area contributed by atoms with Crippen molar-refractivity contribution in [2.45, 2.75) is 27.1 Å². The van der Waals surface area contributed by atoms with Gasteiger partial charge in [-0.2, -0.15) is 0 Å². The third-order valence-electron chi connectivity index (χ3n) is 7.86. The van der Waals surface area contributed by atoms with E-state index in [1.807, 2.05) is 24.3 Å². The number of anilines is 6. The average molecular weight is 577 g/mol. The minimum absolute atomic E-state index is 0.0248. The van der Waals surface area contributed by atoms with E-state index in [1.165, 1.54) is 11.1 Å². The van der Waals surface area contributed by atoms with Crippen LogP contribution in [0, 0.1) is 13.8 Å². The molecule has 6 aromatic rings. The smallest absolute Gasteiger partial charge is 0.0681 e. The molecule has 44 heavy (non-hydrogen) atoms. The Morgan fingerprint density at radius 2 is 0.705 bits per heavy atom. The van der Waals surface area contributed by atoms with Crippen molar-refractivity contribution in [3.63, 3.8) is 0 Å². The van der Waals surface area contributed by atoms with Crippen molar-refractivity contribution in [3.8, 4) is 11.1 Å². The van der Waals surface area contributed by atoms with Gasteiger partial charge in [0.15, 0.2) is 0 Å². The van der Waals surface area contributed by atoms with Gasteiger partial charge >= 0.3 is 0 Å². The van der Waals surface area contributed by atoms with Crippen molar-refractivity contribution >= 4 is 34.1 Å². The maximum Gasteiger partial charge on any atom is 0.0681 e. The normalized spacial score (nSPS) is 10.9. The second-order valence-corrected chi connectivity index (χ2v) is 11.1. The van der Waals surface area contributed by atoms with E-state index in [2.05, 4.69) is 145 Å². The quantitative estimate of drug-likeness (QED) is 0.180. The lowest BCUT2D eigenvalue weighted by atomic mass is 10.0. The Morgan fingerprint density at radius 1 is 0.386 bits per heavy atom. The second-order valence-electron chi connectivity index (χ2n) is 11.1. The number of aryl methyl sites for hydroxylation is 2. The van der Waals surface area contributed by atoms with Crippen LogP contribution < -0.4 is 9.80 Å². The van der Waals surface area contributed by atoms with Crippen molar-refractivity contribution in [2.75, 3.05) is 9.80 Å². The summed E-state index contributed by atoms with van der Waals surface area (Å²) in [6, 6.07) is 50.4. The zero-order valence-corrected chi connectivity index (χ0v) is 25.1. The van der Waals surface area contributed by atoms with Gasteiger partial charge in [0.25, 0.3) is 0 Å². The van der Waals surface area contributed by atoms with Gasteiger partial charge in [-0.25, -0.2) is 0 Å². The van der Waals surface area contributed by atoms with Gasteiger partial charge in [0.05, 0.1) is 13.2 Å². The molecule has 0 aromatic heterocycles. The summed E-state index contributed by atoms with van der Waals surface area (Å²) in [5.74, 6) is 0. The molecule has 0 bridgehead atoms. The molecule has 0 heterocycles. The summed E-state index contributed by atoms with van der Waals surface area (Å²) in [4.78, 5) is 4.48.